The Kier molecular flexibility index (Phi) is 4.12. The molecule has 1 unspecified atom stereocenters. The summed E-state index contributed by atoms with van der Waals surface area (Å²) in [5.74, 6) is -0.109. The van der Waals surface area contributed by atoms with Gasteiger partial charge in [-0.2, -0.15) is 5.10 Å². The molecule has 5 nitrogen and oxygen atoms in total. The minimum absolute atomic E-state index is 0.109. The van der Waals surface area contributed by atoms with Crippen molar-refractivity contribution in [2.45, 2.75) is 25.8 Å². The van der Waals surface area contributed by atoms with Crippen molar-refractivity contribution in [2.75, 3.05) is 6.54 Å². The van der Waals surface area contributed by atoms with E-state index in [0.29, 0.717) is 12.1 Å². The minimum atomic E-state index is -0.109. The van der Waals surface area contributed by atoms with Crippen molar-refractivity contribution in [1.29, 1.82) is 0 Å². The SMILES string of the molecule is CCC(N)CCNC(=O)c1cn[nH]c1. The molecule has 0 fully saturated rings. The first-order valence-electron chi connectivity index (χ1n) is 4.76. The third-order valence-corrected chi connectivity index (χ3v) is 2.09. The zero-order valence-electron chi connectivity index (χ0n) is 8.29. The van der Waals surface area contributed by atoms with Crippen molar-refractivity contribution < 1.29 is 4.79 Å². The Hall–Kier alpha value is -1.36. The van der Waals surface area contributed by atoms with E-state index in [0.717, 1.165) is 12.8 Å². The molecular weight excluding hydrogens is 180 g/mol. The maximum Gasteiger partial charge on any atom is 0.254 e. The zero-order valence-corrected chi connectivity index (χ0v) is 8.29. The lowest BCUT2D eigenvalue weighted by Gasteiger charge is -2.08. The van der Waals surface area contributed by atoms with Gasteiger partial charge < -0.3 is 11.1 Å². The van der Waals surface area contributed by atoms with Gasteiger partial charge in [-0.15, -0.1) is 0 Å². The van der Waals surface area contributed by atoms with Gasteiger partial charge in [0.25, 0.3) is 5.91 Å². The topological polar surface area (TPSA) is 83.8 Å². The summed E-state index contributed by atoms with van der Waals surface area (Å²) in [6.45, 7) is 2.64. The van der Waals surface area contributed by atoms with Gasteiger partial charge in [-0.05, 0) is 12.8 Å². The molecule has 0 aliphatic heterocycles. The number of nitrogens with zero attached hydrogens (tertiary/aromatic N) is 1. The highest BCUT2D eigenvalue weighted by Gasteiger charge is 2.06. The van der Waals surface area contributed by atoms with Gasteiger partial charge in [-0.25, -0.2) is 0 Å². The molecule has 1 rings (SSSR count). The molecule has 4 N–H and O–H groups in total. The first-order valence-corrected chi connectivity index (χ1v) is 4.76. The molecule has 1 atom stereocenters. The van der Waals surface area contributed by atoms with Crippen molar-refractivity contribution >= 4 is 5.91 Å². The minimum Gasteiger partial charge on any atom is -0.352 e. The molecule has 0 aromatic carbocycles. The summed E-state index contributed by atoms with van der Waals surface area (Å²) >= 11 is 0. The molecule has 5 heteroatoms. The van der Waals surface area contributed by atoms with Gasteiger partial charge >= 0.3 is 0 Å². The van der Waals surface area contributed by atoms with Crippen LogP contribution in [0.25, 0.3) is 0 Å². The molecule has 0 spiro atoms. The van der Waals surface area contributed by atoms with Crippen LogP contribution in [0.2, 0.25) is 0 Å². The number of nitrogens with one attached hydrogen (secondary N) is 2. The van der Waals surface area contributed by atoms with Crippen molar-refractivity contribution in [2.24, 2.45) is 5.73 Å². The second-order valence-corrected chi connectivity index (χ2v) is 3.20. The molecule has 0 saturated carbocycles. The van der Waals surface area contributed by atoms with Crippen LogP contribution in [0.4, 0.5) is 0 Å². The molecule has 14 heavy (non-hydrogen) atoms. The second-order valence-electron chi connectivity index (χ2n) is 3.20. The molecule has 1 heterocycles. The predicted molar refractivity (Wildman–Crippen MR) is 53.8 cm³/mol. The highest BCUT2D eigenvalue weighted by molar-refractivity contribution is 5.93. The molecule has 0 bridgehead atoms. The van der Waals surface area contributed by atoms with Crippen LogP contribution in [0.3, 0.4) is 0 Å². The normalized spacial score (nSPS) is 12.4. The fourth-order valence-electron chi connectivity index (χ4n) is 1.05. The summed E-state index contributed by atoms with van der Waals surface area (Å²) < 4.78 is 0. The van der Waals surface area contributed by atoms with E-state index in [2.05, 4.69) is 15.5 Å². The second kappa shape index (κ2) is 5.39. The summed E-state index contributed by atoms with van der Waals surface area (Å²) in [6, 6.07) is 0.166. The average molecular weight is 196 g/mol. The maximum atomic E-state index is 11.4. The number of hydrogen-bond donors (Lipinski definition) is 3. The Bertz CT molecular complexity index is 270. The zero-order chi connectivity index (χ0) is 10.4. The summed E-state index contributed by atoms with van der Waals surface area (Å²) in [4.78, 5) is 11.4. The monoisotopic (exact) mass is 196 g/mol. The van der Waals surface area contributed by atoms with Crippen LogP contribution in [0.5, 0.6) is 0 Å². The van der Waals surface area contributed by atoms with Crippen LogP contribution in [-0.4, -0.2) is 28.7 Å². The van der Waals surface area contributed by atoms with Crippen LogP contribution in [-0.2, 0) is 0 Å². The van der Waals surface area contributed by atoms with E-state index in [4.69, 9.17) is 5.73 Å². The Labute approximate surface area is 83.1 Å². The Balaban J connectivity index is 2.23. The van der Waals surface area contributed by atoms with E-state index in [-0.39, 0.29) is 11.9 Å². The van der Waals surface area contributed by atoms with Gasteiger partial charge in [0, 0.05) is 18.8 Å². The van der Waals surface area contributed by atoms with Gasteiger partial charge in [-0.3, -0.25) is 9.89 Å². The van der Waals surface area contributed by atoms with Crippen molar-refractivity contribution in [3.05, 3.63) is 18.0 Å². The average Bonchev–Trinajstić information content (AvgIpc) is 2.70. The van der Waals surface area contributed by atoms with Crippen LogP contribution in [0, 0.1) is 0 Å². The van der Waals surface area contributed by atoms with Crippen LogP contribution in [0.1, 0.15) is 30.1 Å². The summed E-state index contributed by atoms with van der Waals surface area (Å²) in [5.41, 5.74) is 6.26. The highest BCUT2D eigenvalue weighted by Crippen LogP contribution is 1.95. The third-order valence-electron chi connectivity index (χ3n) is 2.09. The largest absolute Gasteiger partial charge is 0.352 e. The lowest BCUT2D eigenvalue weighted by molar-refractivity contribution is 0.0952. The number of nitrogens with two attached hydrogens (primary N) is 1. The van der Waals surface area contributed by atoms with Crippen LogP contribution < -0.4 is 11.1 Å². The number of carbonyl (C=O) groups excluding carboxylic acids is 1. The lowest BCUT2D eigenvalue weighted by atomic mass is 10.2. The lowest BCUT2D eigenvalue weighted by Crippen LogP contribution is -2.29. The van der Waals surface area contributed by atoms with Gasteiger partial charge in [0.05, 0.1) is 11.8 Å². The molecule has 1 aromatic heterocycles. The van der Waals surface area contributed by atoms with E-state index in [1.54, 1.807) is 6.20 Å². The molecular formula is C9H16N4O. The summed E-state index contributed by atoms with van der Waals surface area (Å²) in [6.07, 6.45) is 4.80. The third kappa shape index (κ3) is 3.18. The van der Waals surface area contributed by atoms with Gasteiger partial charge in [-0.1, -0.05) is 6.92 Å². The van der Waals surface area contributed by atoms with E-state index in [1.165, 1.54) is 6.20 Å². The molecule has 0 radical (unpaired) electrons. The predicted octanol–water partition coefficient (Wildman–Crippen LogP) is 0.267. The Morgan fingerprint density at radius 3 is 3.14 bits per heavy atom. The summed E-state index contributed by atoms with van der Waals surface area (Å²) in [5, 5.41) is 9.05. The Morgan fingerprint density at radius 2 is 2.57 bits per heavy atom. The number of aromatic amines is 1. The van der Waals surface area contributed by atoms with Gasteiger partial charge in [0.1, 0.15) is 0 Å². The molecule has 78 valence electrons. The summed E-state index contributed by atoms with van der Waals surface area (Å²) in [7, 11) is 0. The van der Waals surface area contributed by atoms with E-state index in [1.807, 2.05) is 6.92 Å². The van der Waals surface area contributed by atoms with Crippen molar-refractivity contribution in [3.8, 4) is 0 Å². The van der Waals surface area contributed by atoms with Gasteiger partial charge in [0.2, 0.25) is 0 Å². The van der Waals surface area contributed by atoms with Crippen molar-refractivity contribution in [1.82, 2.24) is 15.5 Å². The molecule has 1 aromatic rings. The number of H-pyrrole nitrogens is 1. The number of rotatable bonds is 5. The smallest absolute Gasteiger partial charge is 0.254 e. The fraction of sp³-hybridized carbons (Fsp3) is 0.556. The van der Waals surface area contributed by atoms with Crippen molar-refractivity contribution in [3.63, 3.8) is 0 Å². The number of carbonyl (C=O) groups is 1. The fourth-order valence-corrected chi connectivity index (χ4v) is 1.05. The van der Waals surface area contributed by atoms with E-state index >= 15 is 0 Å². The molecule has 0 aliphatic carbocycles. The van der Waals surface area contributed by atoms with Gasteiger partial charge in [0.15, 0.2) is 0 Å². The maximum absolute atomic E-state index is 11.4. The van der Waals surface area contributed by atoms with E-state index < -0.39 is 0 Å². The first kappa shape index (κ1) is 10.7. The standard InChI is InChI=1S/C9H16N4O/c1-2-8(10)3-4-11-9(14)7-5-12-13-6-7/h5-6,8H,2-4,10H2,1H3,(H,11,14)(H,12,13). The molecule has 0 aliphatic rings. The van der Waals surface area contributed by atoms with Crippen LogP contribution in [0.15, 0.2) is 12.4 Å². The highest BCUT2D eigenvalue weighted by atomic mass is 16.1. The Morgan fingerprint density at radius 1 is 1.79 bits per heavy atom. The first-order chi connectivity index (χ1) is 6.74. The van der Waals surface area contributed by atoms with E-state index in [9.17, 15) is 4.79 Å². The number of hydrogen-bond acceptors (Lipinski definition) is 3. The number of amides is 1. The quantitative estimate of drug-likeness (QED) is 0.632. The number of aromatic nitrogens is 2. The molecule has 1 amide bonds. The van der Waals surface area contributed by atoms with Crippen LogP contribution >= 0.6 is 0 Å². The molecule has 0 saturated heterocycles.